The van der Waals surface area contributed by atoms with Crippen molar-refractivity contribution in [2.24, 2.45) is 5.92 Å². The molecule has 0 spiro atoms. The Labute approximate surface area is 286 Å². The quantitative estimate of drug-likeness (QED) is 0.190. The van der Waals surface area contributed by atoms with Gasteiger partial charge in [-0.2, -0.15) is 13.2 Å². The van der Waals surface area contributed by atoms with Crippen molar-refractivity contribution in [1.82, 2.24) is 14.7 Å². The maximum absolute atomic E-state index is 13.8. The summed E-state index contributed by atoms with van der Waals surface area (Å²) in [5, 5.41) is 1.92. The first kappa shape index (κ1) is 37.2. The number of alkyl halides is 3. The van der Waals surface area contributed by atoms with Crippen molar-refractivity contribution in [2.75, 3.05) is 46.0 Å². The van der Waals surface area contributed by atoms with Gasteiger partial charge < -0.3 is 19.3 Å². The van der Waals surface area contributed by atoms with Crippen LogP contribution in [0.1, 0.15) is 66.0 Å². The summed E-state index contributed by atoms with van der Waals surface area (Å²) >= 11 is 1.56. The number of fused-ring (bicyclic) bond motifs is 1. The van der Waals surface area contributed by atoms with Crippen molar-refractivity contribution in [3.05, 3.63) is 105 Å². The van der Waals surface area contributed by atoms with Gasteiger partial charge in [-0.15, -0.1) is 11.3 Å². The fourth-order valence-electron chi connectivity index (χ4n) is 5.66. The van der Waals surface area contributed by atoms with E-state index in [9.17, 15) is 22.8 Å². The Morgan fingerprint density at radius 1 is 1.15 bits per heavy atom. The molecular weight excluding hydrogens is 639 g/mol. The summed E-state index contributed by atoms with van der Waals surface area (Å²) in [6, 6.07) is 5.48. The Bertz CT molecular complexity index is 1540. The molecule has 0 bridgehead atoms. The van der Waals surface area contributed by atoms with E-state index in [1.807, 2.05) is 46.5 Å². The number of halogens is 3. The number of hydrogen-bond acceptors (Lipinski definition) is 7. The van der Waals surface area contributed by atoms with E-state index in [4.69, 9.17) is 9.47 Å². The average Bonchev–Trinajstić information content (AvgIpc) is 3.49. The van der Waals surface area contributed by atoms with Gasteiger partial charge in [0.2, 0.25) is 0 Å². The third-order valence-electron chi connectivity index (χ3n) is 8.16. The van der Waals surface area contributed by atoms with Crippen molar-refractivity contribution >= 4 is 23.0 Å². The zero-order chi connectivity index (χ0) is 34.8. The number of carbonyl (C=O) groups is 2. The van der Waals surface area contributed by atoms with E-state index in [1.54, 1.807) is 24.3 Å². The lowest BCUT2D eigenvalue weighted by Crippen LogP contribution is -2.40. The van der Waals surface area contributed by atoms with Crippen LogP contribution in [0, 0.1) is 5.92 Å². The van der Waals surface area contributed by atoms with Gasteiger partial charge in [-0.05, 0) is 55.0 Å². The number of amides is 1. The lowest BCUT2D eigenvalue weighted by Gasteiger charge is -2.33. The number of thiophene rings is 1. The molecular formula is C37H46F3N3O4S. The van der Waals surface area contributed by atoms with Gasteiger partial charge in [0.05, 0.1) is 31.5 Å². The number of hydrogen-bond donors (Lipinski definition) is 0. The summed E-state index contributed by atoms with van der Waals surface area (Å²) in [6.07, 6.45) is 5.67. The first-order valence-corrected chi connectivity index (χ1v) is 17.3. The van der Waals surface area contributed by atoms with E-state index in [-0.39, 0.29) is 17.6 Å². The lowest BCUT2D eigenvalue weighted by atomic mass is 10.0. The summed E-state index contributed by atoms with van der Waals surface area (Å²) in [5.41, 5.74) is 3.39. The number of allylic oxidation sites excluding steroid dienone is 3. The molecule has 11 heteroatoms. The molecule has 4 heterocycles. The van der Waals surface area contributed by atoms with E-state index in [0.717, 1.165) is 72.6 Å². The molecule has 3 aliphatic rings. The topological polar surface area (TPSA) is 62.3 Å². The van der Waals surface area contributed by atoms with Gasteiger partial charge in [0, 0.05) is 47.7 Å². The number of morpholine rings is 1. The predicted octanol–water partition coefficient (Wildman–Crippen LogP) is 7.61. The molecule has 7 nitrogen and oxygen atoms in total. The zero-order valence-corrected chi connectivity index (χ0v) is 29.1. The van der Waals surface area contributed by atoms with E-state index in [0.29, 0.717) is 44.0 Å². The number of rotatable bonds is 10. The molecule has 260 valence electrons. The number of Topliss-reactive ketones (excluding diaryl/α,β-unsaturated/α-hetero) is 1. The minimum absolute atomic E-state index is 0.0394. The van der Waals surface area contributed by atoms with Crippen LogP contribution in [0.15, 0.2) is 77.8 Å². The molecule has 0 aliphatic carbocycles. The highest BCUT2D eigenvalue weighted by molar-refractivity contribution is 7.10. The van der Waals surface area contributed by atoms with E-state index >= 15 is 0 Å². The van der Waals surface area contributed by atoms with Gasteiger partial charge in [-0.1, -0.05) is 58.0 Å². The van der Waals surface area contributed by atoms with Gasteiger partial charge in [0.25, 0.3) is 5.91 Å². The fraction of sp³-hybridized carbons (Fsp3) is 0.459. The zero-order valence-electron chi connectivity index (χ0n) is 28.3. The largest absolute Gasteiger partial charge is 0.491 e. The minimum Gasteiger partial charge on any atom is -0.491 e. The molecule has 2 aromatic rings. The van der Waals surface area contributed by atoms with Gasteiger partial charge in [-0.25, -0.2) is 0 Å². The molecule has 48 heavy (non-hydrogen) atoms. The van der Waals surface area contributed by atoms with Gasteiger partial charge in [0.15, 0.2) is 5.78 Å². The van der Waals surface area contributed by atoms with Crippen molar-refractivity contribution in [1.29, 1.82) is 0 Å². The second kappa shape index (κ2) is 17.1. The number of nitrogens with zero attached hydrogens (tertiary/aromatic N) is 3. The highest BCUT2D eigenvalue weighted by Crippen LogP contribution is 2.32. The lowest BCUT2D eigenvalue weighted by molar-refractivity contribution is -0.137. The third-order valence-corrected chi connectivity index (χ3v) is 9.18. The summed E-state index contributed by atoms with van der Waals surface area (Å²) in [5.74, 6) is 0.935. The molecule has 1 saturated heterocycles. The highest BCUT2D eigenvalue weighted by atomic mass is 32.1. The Kier molecular flexibility index (Phi) is 13.3. The second-order valence-electron chi connectivity index (χ2n) is 12.4. The Morgan fingerprint density at radius 3 is 2.56 bits per heavy atom. The van der Waals surface area contributed by atoms with Crippen molar-refractivity contribution < 1.29 is 32.2 Å². The first-order chi connectivity index (χ1) is 22.9. The molecule has 3 aliphatic heterocycles. The fourth-order valence-corrected chi connectivity index (χ4v) is 6.81. The monoisotopic (exact) mass is 685 g/mol. The molecule has 0 N–H and O–H groups in total. The number of ether oxygens (including phenoxy) is 2. The van der Waals surface area contributed by atoms with E-state index < -0.39 is 11.7 Å². The average molecular weight is 686 g/mol. The molecule has 1 fully saturated rings. The molecule has 1 aromatic heterocycles. The minimum atomic E-state index is -4.22. The van der Waals surface area contributed by atoms with Crippen LogP contribution in [0.2, 0.25) is 0 Å². The second-order valence-corrected chi connectivity index (χ2v) is 13.3. The number of benzene rings is 1. The predicted molar refractivity (Wildman–Crippen MR) is 183 cm³/mol. The van der Waals surface area contributed by atoms with Crippen molar-refractivity contribution in [2.45, 2.75) is 59.7 Å². The molecule has 5 rings (SSSR count). The summed E-state index contributed by atoms with van der Waals surface area (Å²) in [4.78, 5) is 32.8. The third kappa shape index (κ3) is 10.2. The van der Waals surface area contributed by atoms with Crippen LogP contribution in [0.4, 0.5) is 13.2 Å². The standard InChI is InChI=1S/C27H35N3O4S.C10H11F3/c1-19(2)15-25(27(32)29-8-7-23-24(21(4)31)18-35-26(23)17-29)30-16-22(6-5-20(30)3)34-14-11-28-9-12-33-13-10-28;1-2-4-8-5-3-6-9(7-8)10(11,12)13/h5-6,15-16,18-19H,3,7-14,17H2,1-2,4H3;3,5-7H,2,4H2,1H3/b25-15-;. The molecule has 0 radical (unpaired) electrons. The normalized spacial score (nSPS) is 17.1. The smallest absolute Gasteiger partial charge is 0.416 e. The van der Waals surface area contributed by atoms with Crippen LogP contribution in [-0.2, 0) is 39.8 Å². The van der Waals surface area contributed by atoms with Crippen LogP contribution in [0.3, 0.4) is 0 Å². The van der Waals surface area contributed by atoms with Crippen molar-refractivity contribution in [3.8, 4) is 0 Å². The van der Waals surface area contributed by atoms with Crippen LogP contribution >= 0.6 is 11.3 Å². The van der Waals surface area contributed by atoms with Gasteiger partial charge in [-0.3, -0.25) is 14.5 Å². The maximum Gasteiger partial charge on any atom is 0.416 e. The Hall–Kier alpha value is -3.67. The molecule has 1 amide bonds. The SMILES string of the molecule is C=C1C=CC(OCCN2CCOCC2)=CN1/C(=C\C(C)C)C(=O)N1CCc2c(C(C)=O)csc2C1.CCCc1cccc(C(F)(F)F)c1. The highest BCUT2D eigenvalue weighted by Gasteiger charge is 2.31. The van der Waals surface area contributed by atoms with Crippen molar-refractivity contribution in [3.63, 3.8) is 0 Å². The first-order valence-electron chi connectivity index (χ1n) is 16.5. The van der Waals surface area contributed by atoms with Gasteiger partial charge >= 0.3 is 6.18 Å². The Morgan fingerprint density at radius 2 is 1.90 bits per heavy atom. The summed E-state index contributed by atoms with van der Waals surface area (Å²) in [6.45, 7) is 17.7. The van der Waals surface area contributed by atoms with Crippen LogP contribution in [0.5, 0.6) is 0 Å². The number of aryl methyl sites for hydroxylation is 1. The molecule has 0 unspecified atom stereocenters. The molecule has 0 saturated carbocycles. The van der Waals surface area contributed by atoms with Crippen LogP contribution in [-0.4, -0.2) is 72.4 Å². The summed E-state index contributed by atoms with van der Waals surface area (Å²) in [7, 11) is 0. The molecule has 0 atom stereocenters. The number of ketones is 1. The van der Waals surface area contributed by atoms with Crippen LogP contribution < -0.4 is 0 Å². The van der Waals surface area contributed by atoms with E-state index in [2.05, 4.69) is 25.3 Å². The molecule has 1 aromatic carbocycles. The maximum atomic E-state index is 13.8. The number of carbonyl (C=O) groups excluding carboxylic acids is 2. The summed E-state index contributed by atoms with van der Waals surface area (Å²) < 4.78 is 48.1. The van der Waals surface area contributed by atoms with E-state index in [1.165, 1.54) is 12.1 Å². The van der Waals surface area contributed by atoms with Gasteiger partial charge in [0.1, 0.15) is 18.1 Å². The van der Waals surface area contributed by atoms with Crippen LogP contribution in [0.25, 0.3) is 0 Å². The Balaban J connectivity index is 0.000000336.